The van der Waals surface area contributed by atoms with Gasteiger partial charge in [-0.1, -0.05) is 12.1 Å². The number of carbonyl (C=O) groups excluding carboxylic acids is 2. The number of hydrogen-bond acceptors (Lipinski definition) is 5. The molecule has 0 saturated heterocycles. The monoisotopic (exact) mass is 403 g/mol. The summed E-state index contributed by atoms with van der Waals surface area (Å²) in [6, 6.07) is 10.4. The Morgan fingerprint density at radius 1 is 1.00 bits per heavy atom. The van der Waals surface area contributed by atoms with Gasteiger partial charge in [0, 0.05) is 18.3 Å². The first-order valence-electron chi connectivity index (χ1n) is 9.34. The number of halogens is 1. The lowest BCUT2D eigenvalue weighted by atomic mass is 10.2. The Labute approximate surface area is 169 Å². The van der Waals surface area contributed by atoms with Crippen LogP contribution in [0.5, 0.6) is 11.5 Å². The molecule has 7 nitrogen and oxygen atoms in total. The summed E-state index contributed by atoms with van der Waals surface area (Å²) in [7, 11) is 1.74. The predicted molar refractivity (Wildman–Crippen MR) is 109 cm³/mol. The number of carbonyl (C=O) groups is 2. The van der Waals surface area contributed by atoms with E-state index in [0.717, 1.165) is 5.56 Å². The number of benzene rings is 2. The lowest BCUT2D eigenvalue weighted by molar-refractivity contribution is -0.120. The van der Waals surface area contributed by atoms with Crippen molar-refractivity contribution in [1.29, 1.82) is 0 Å². The average Bonchev–Trinajstić information content (AvgIpc) is 2.65. The molecule has 3 amide bonds. The van der Waals surface area contributed by atoms with Gasteiger partial charge in [-0.15, -0.1) is 0 Å². The lowest BCUT2D eigenvalue weighted by Gasteiger charge is -2.16. The normalized spacial score (nSPS) is 10.5. The van der Waals surface area contributed by atoms with Crippen molar-refractivity contribution in [3.8, 4) is 11.5 Å². The Hall–Kier alpha value is -3.13. The van der Waals surface area contributed by atoms with Crippen molar-refractivity contribution in [1.82, 2.24) is 10.2 Å². The van der Waals surface area contributed by atoms with E-state index in [4.69, 9.17) is 9.47 Å². The molecule has 2 rings (SSSR count). The Bertz CT molecular complexity index is 827. The average molecular weight is 403 g/mol. The summed E-state index contributed by atoms with van der Waals surface area (Å²) in [5.74, 6) is 0.326. The first-order valence-corrected chi connectivity index (χ1v) is 9.34. The first-order chi connectivity index (χ1) is 13.9. The minimum atomic E-state index is -0.642. The van der Waals surface area contributed by atoms with Gasteiger partial charge in [0.05, 0.1) is 19.8 Å². The summed E-state index contributed by atoms with van der Waals surface area (Å²) in [5.41, 5.74) is 1.34. The largest absolute Gasteiger partial charge is 0.490 e. The minimum absolute atomic E-state index is 0.0122. The molecule has 29 heavy (non-hydrogen) atoms. The Kier molecular flexibility index (Phi) is 8.42. The van der Waals surface area contributed by atoms with Crippen LogP contribution in [0.1, 0.15) is 19.4 Å². The van der Waals surface area contributed by atoms with Gasteiger partial charge in [-0.25, -0.2) is 9.18 Å². The van der Waals surface area contributed by atoms with E-state index < -0.39 is 11.9 Å². The van der Waals surface area contributed by atoms with E-state index in [1.54, 1.807) is 42.3 Å². The number of amides is 3. The maximum absolute atomic E-state index is 12.9. The topological polar surface area (TPSA) is 79.9 Å². The van der Waals surface area contributed by atoms with Gasteiger partial charge in [0.15, 0.2) is 11.5 Å². The van der Waals surface area contributed by atoms with Crippen LogP contribution in [0, 0.1) is 5.82 Å². The number of nitrogens with one attached hydrogen (secondary N) is 2. The van der Waals surface area contributed by atoms with Crippen LogP contribution >= 0.6 is 0 Å². The smallest absolute Gasteiger partial charge is 0.325 e. The fourth-order valence-corrected chi connectivity index (χ4v) is 2.66. The molecule has 156 valence electrons. The van der Waals surface area contributed by atoms with Crippen molar-refractivity contribution in [2.45, 2.75) is 20.4 Å². The summed E-state index contributed by atoms with van der Waals surface area (Å²) in [5, 5.41) is 4.89. The number of ether oxygens (including phenoxy) is 2. The Balaban J connectivity index is 1.86. The van der Waals surface area contributed by atoms with Crippen LogP contribution in [0.3, 0.4) is 0 Å². The molecule has 8 heteroatoms. The molecule has 0 aliphatic rings. The van der Waals surface area contributed by atoms with Crippen LogP contribution in [-0.4, -0.2) is 43.6 Å². The van der Waals surface area contributed by atoms with Gasteiger partial charge in [0.1, 0.15) is 5.82 Å². The SMILES string of the molecule is CCOc1ccc(NC(=O)NC(=O)CN(C)Cc2ccc(F)cc2)cc1OCC. The second-order valence-corrected chi connectivity index (χ2v) is 6.33. The Morgan fingerprint density at radius 3 is 2.31 bits per heavy atom. The molecule has 0 aliphatic heterocycles. The first kappa shape index (κ1) is 22.2. The number of nitrogens with zero attached hydrogens (tertiary/aromatic N) is 1. The Morgan fingerprint density at radius 2 is 1.66 bits per heavy atom. The molecular formula is C21H26FN3O4. The van der Waals surface area contributed by atoms with Crippen molar-refractivity contribution in [3.63, 3.8) is 0 Å². The van der Waals surface area contributed by atoms with E-state index in [-0.39, 0.29) is 12.4 Å². The molecule has 0 aromatic heterocycles. The quantitative estimate of drug-likeness (QED) is 0.671. The van der Waals surface area contributed by atoms with Crippen LogP contribution in [0.2, 0.25) is 0 Å². The maximum atomic E-state index is 12.9. The third-order valence-corrected chi connectivity index (χ3v) is 3.83. The van der Waals surface area contributed by atoms with E-state index in [2.05, 4.69) is 10.6 Å². The van der Waals surface area contributed by atoms with Crippen LogP contribution in [0.4, 0.5) is 14.9 Å². The van der Waals surface area contributed by atoms with Gasteiger partial charge in [-0.3, -0.25) is 15.0 Å². The van der Waals surface area contributed by atoms with Crippen molar-refractivity contribution in [2.75, 3.05) is 32.1 Å². The van der Waals surface area contributed by atoms with Gasteiger partial charge in [-0.05, 0) is 50.7 Å². The van der Waals surface area contributed by atoms with Gasteiger partial charge in [-0.2, -0.15) is 0 Å². The highest BCUT2D eigenvalue weighted by molar-refractivity contribution is 6.01. The molecule has 0 heterocycles. The fraction of sp³-hybridized carbons (Fsp3) is 0.333. The van der Waals surface area contributed by atoms with Crippen molar-refractivity contribution < 1.29 is 23.5 Å². The number of hydrogen-bond donors (Lipinski definition) is 2. The third kappa shape index (κ3) is 7.42. The minimum Gasteiger partial charge on any atom is -0.490 e. The van der Waals surface area contributed by atoms with Crippen molar-refractivity contribution in [3.05, 3.63) is 53.8 Å². The molecule has 0 unspecified atom stereocenters. The number of urea groups is 1. The van der Waals surface area contributed by atoms with Crippen molar-refractivity contribution in [2.24, 2.45) is 0 Å². The molecule has 2 aromatic carbocycles. The molecule has 0 spiro atoms. The van der Waals surface area contributed by atoms with Gasteiger partial charge in [0.25, 0.3) is 0 Å². The van der Waals surface area contributed by atoms with Crippen LogP contribution in [0.15, 0.2) is 42.5 Å². The molecule has 0 radical (unpaired) electrons. The van der Waals surface area contributed by atoms with E-state index >= 15 is 0 Å². The van der Waals surface area contributed by atoms with E-state index in [1.807, 2.05) is 13.8 Å². The van der Waals surface area contributed by atoms with Crippen LogP contribution in [-0.2, 0) is 11.3 Å². The summed E-state index contributed by atoms with van der Waals surface area (Å²) in [6.45, 7) is 5.13. The molecule has 0 bridgehead atoms. The van der Waals surface area contributed by atoms with E-state index in [0.29, 0.717) is 36.9 Å². The number of rotatable bonds is 9. The van der Waals surface area contributed by atoms with Crippen LogP contribution < -0.4 is 20.1 Å². The molecular weight excluding hydrogens is 377 g/mol. The standard InChI is InChI=1S/C21H26FN3O4/c1-4-28-18-11-10-17(12-19(18)29-5-2)23-21(27)24-20(26)14-25(3)13-15-6-8-16(22)9-7-15/h6-12H,4-5,13-14H2,1-3H3,(H2,23,24,26,27). The second-order valence-electron chi connectivity index (χ2n) is 6.33. The van der Waals surface area contributed by atoms with E-state index in [1.165, 1.54) is 12.1 Å². The lowest BCUT2D eigenvalue weighted by Crippen LogP contribution is -2.40. The molecule has 0 atom stereocenters. The third-order valence-electron chi connectivity index (χ3n) is 3.83. The fourth-order valence-electron chi connectivity index (χ4n) is 2.66. The van der Waals surface area contributed by atoms with Crippen LogP contribution in [0.25, 0.3) is 0 Å². The zero-order valence-electron chi connectivity index (χ0n) is 16.8. The molecule has 0 saturated carbocycles. The zero-order chi connectivity index (χ0) is 21.2. The summed E-state index contributed by atoms with van der Waals surface area (Å²) in [4.78, 5) is 25.9. The molecule has 0 aliphatic carbocycles. The second kappa shape index (κ2) is 11.0. The summed E-state index contributed by atoms with van der Waals surface area (Å²) < 4.78 is 23.9. The highest BCUT2D eigenvalue weighted by Crippen LogP contribution is 2.30. The number of imide groups is 1. The van der Waals surface area contributed by atoms with Gasteiger partial charge < -0.3 is 14.8 Å². The molecule has 2 aromatic rings. The zero-order valence-corrected chi connectivity index (χ0v) is 16.8. The highest BCUT2D eigenvalue weighted by Gasteiger charge is 2.13. The van der Waals surface area contributed by atoms with Gasteiger partial charge >= 0.3 is 6.03 Å². The maximum Gasteiger partial charge on any atom is 0.325 e. The summed E-state index contributed by atoms with van der Waals surface area (Å²) >= 11 is 0. The molecule has 0 fully saturated rings. The van der Waals surface area contributed by atoms with Gasteiger partial charge in [0.2, 0.25) is 5.91 Å². The van der Waals surface area contributed by atoms with Crippen molar-refractivity contribution >= 4 is 17.6 Å². The number of anilines is 1. The molecule has 2 N–H and O–H groups in total. The summed E-state index contributed by atoms with van der Waals surface area (Å²) in [6.07, 6.45) is 0. The predicted octanol–water partition coefficient (Wildman–Crippen LogP) is 3.40. The highest BCUT2D eigenvalue weighted by atomic mass is 19.1. The number of likely N-dealkylation sites (N-methyl/N-ethyl adjacent to an activating group) is 1. The van der Waals surface area contributed by atoms with E-state index in [9.17, 15) is 14.0 Å².